The summed E-state index contributed by atoms with van der Waals surface area (Å²) in [7, 11) is -3.58. The van der Waals surface area contributed by atoms with E-state index in [1.807, 2.05) is 19.2 Å². The zero-order valence-corrected chi connectivity index (χ0v) is 23.2. The van der Waals surface area contributed by atoms with Crippen LogP contribution < -0.4 is 9.62 Å². The number of nitrogens with zero attached hydrogens (tertiary/aromatic N) is 6. The molecule has 2 aromatic heterocycles. The Labute approximate surface area is 227 Å². The third-order valence-corrected chi connectivity index (χ3v) is 8.05. The van der Waals surface area contributed by atoms with Crippen LogP contribution in [0.15, 0.2) is 35.5 Å². The summed E-state index contributed by atoms with van der Waals surface area (Å²) in [6.07, 6.45) is 7.74. The second-order valence-electron chi connectivity index (χ2n) is 10.1. The molecular formula is C26H32ClN7O3S. The van der Waals surface area contributed by atoms with Gasteiger partial charge in [0, 0.05) is 42.0 Å². The number of rotatable bonds is 7. The van der Waals surface area contributed by atoms with Gasteiger partial charge in [-0.05, 0) is 63.9 Å². The number of piperidine rings is 1. The van der Waals surface area contributed by atoms with Crippen LogP contribution in [0.3, 0.4) is 0 Å². The number of hydrogen-bond acceptors (Lipinski definition) is 7. The van der Waals surface area contributed by atoms with Crippen molar-refractivity contribution in [1.29, 1.82) is 0 Å². The maximum Gasteiger partial charge on any atom is 0.256 e. The van der Waals surface area contributed by atoms with Gasteiger partial charge in [-0.2, -0.15) is 5.10 Å². The molecule has 1 aromatic carbocycles. The molecule has 2 aliphatic rings. The fourth-order valence-electron chi connectivity index (χ4n) is 5.55. The van der Waals surface area contributed by atoms with Crippen molar-refractivity contribution in [2.24, 2.45) is 4.99 Å². The van der Waals surface area contributed by atoms with Crippen molar-refractivity contribution in [3.05, 3.63) is 52.3 Å². The van der Waals surface area contributed by atoms with E-state index in [4.69, 9.17) is 21.7 Å². The average molecular weight is 558 g/mol. The average Bonchev–Trinajstić information content (AvgIpc) is 3.50. The molecule has 4 heterocycles. The van der Waals surface area contributed by atoms with Gasteiger partial charge < -0.3 is 9.80 Å². The Kier molecular flexibility index (Phi) is 7.32. The van der Waals surface area contributed by atoms with Crippen LogP contribution in [-0.2, 0) is 10.0 Å². The van der Waals surface area contributed by atoms with Gasteiger partial charge in [0.25, 0.3) is 5.91 Å². The van der Waals surface area contributed by atoms with Crippen molar-refractivity contribution in [2.75, 3.05) is 35.5 Å². The number of aryl methyl sites for hydroxylation is 1. The van der Waals surface area contributed by atoms with E-state index >= 15 is 0 Å². The molecule has 0 aliphatic carbocycles. The summed E-state index contributed by atoms with van der Waals surface area (Å²) in [5.74, 6) is 0.643. The first-order valence-electron chi connectivity index (χ1n) is 12.8. The van der Waals surface area contributed by atoms with Gasteiger partial charge in [-0.1, -0.05) is 11.6 Å². The van der Waals surface area contributed by atoms with E-state index in [0.717, 1.165) is 67.6 Å². The number of aromatic nitrogens is 3. The van der Waals surface area contributed by atoms with E-state index < -0.39 is 10.0 Å². The molecule has 2 atom stereocenters. The lowest BCUT2D eigenvalue weighted by Gasteiger charge is -2.35. The van der Waals surface area contributed by atoms with Crippen LogP contribution in [0, 0.1) is 6.92 Å². The van der Waals surface area contributed by atoms with Crippen molar-refractivity contribution in [3.63, 3.8) is 0 Å². The largest absolute Gasteiger partial charge is 0.351 e. The van der Waals surface area contributed by atoms with Crippen molar-refractivity contribution in [3.8, 4) is 0 Å². The quantitative estimate of drug-likeness (QED) is 0.438. The fourth-order valence-corrected chi connectivity index (χ4v) is 6.29. The molecule has 2 fully saturated rings. The zero-order valence-electron chi connectivity index (χ0n) is 21.6. The number of likely N-dealkylation sites (tertiary alicyclic amines) is 1. The lowest BCUT2D eigenvalue weighted by Crippen LogP contribution is -2.39. The maximum absolute atomic E-state index is 13.8. The van der Waals surface area contributed by atoms with Gasteiger partial charge in [-0.15, -0.1) is 0 Å². The second-order valence-corrected chi connectivity index (χ2v) is 12.3. The summed E-state index contributed by atoms with van der Waals surface area (Å²) < 4.78 is 28.1. The van der Waals surface area contributed by atoms with Gasteiger partial charge >= 0.3 is 0 Å². The number of anilines is 2. The van der Waals surface area contributed by atoms with Gasteiger partial charge in [0.15, 0.2) is 5.65 Å². The number of carbonyl (C=O) groups is 1. The Bertz CT molecular complexity index is 1490. The smallest absolute Gasteiger partial charge is 0.256 e. The number of hydrogen-bond donors (Lipinski definition) is 1. The Morgan fingerprint density at radius 3 is 2.79 bits per heavy atom. The molecule has 0 spiro atoms. The van der Waals surface area contributed by atoms with Crippen LogP contribution in [0.4, 0.5) is 11.5 Å². The molecular weight excluding hydrogens is 526 g/mol. The lowest BCUT2D eigenvalue weighted by molar-refractivity contribution is 0.0607. The predicted octanol–water partition coefficient (Wildman–Crippen LogP) is 4.10. The van der Waals surface area contributed by atoms with E-state index in [2.05, 4.69) is 21.3 Å². The summed E-state index contributed by atoms with van der Waals surface area (Å²) in [6.45, 7) is 7.84. The number of carbonyl (C=O) groups excluding carboxylic acids is 1. The van der Waals surface area contributed by atoms with E-state index in [0.29, 0.717) is 24.2 Å². The minimum atomic E-state index is -3.58. The molecule has 0 saturated carbocycles. The first-order valence-corrected chi connectivity index (χ1v) is 15.1. The summed E-state index contributed by atoms with van der Waals surface area (Å²) in [4.78, 5) is 27.0. The predicted molar refractivity (Wildman–Crippen MR) is 150 cm³/mol. The number of amides is 1. The molecule has 5 rings (SSSR count). The minimum absolute atomic E-state index is 0.206. The summed E-state index contributed by atoms with van der Waals surface area (Å²) in [6, 6.07) is 6.56. The number of sulfonamides is 1. The molecule has 202 valence electrons. The van der Waals surface area contributed by atoms with Gasteiger partial charge in [0.1, 0.15) is 5.82 Å². The van der Waals surface area contributed by atoms with Crippen molar-refractivity contribution < 1.29 is 13.2 Å². The highest BCUT2D eigenvalue weighted by Crippen LogP contribution is 2.35. The number of aliphatic imine (C=N–C) groups is 1. The van der Waals surface area contributed by atoms with Crippen molar-refractivity contribution in [2.45, 2.75) is 51.1 Å². The minimum Gasteiger partial charge on any atom is -0.351 e. The Hall–Kier alpha value is -3.18. The van der Waals surface area contributed by atoms with Crippen LogP contribution in [-0.4, -0.2) is 72.5 Å². The molecule has 2 saturated heterocycles. The highest BCUT2D eigenvalue weighted by Gasteiger charge is 2.33. The first-order chi connectivity index (χ1) is 18.1. The Morgan fingerprint density at radius 2 is 2.03 bits per heavy atom. The molecule has 12 heteroatoms. The Morgan fingerprint density at radius 1 is 1.21 bits per heavy atom. The highest BCUT2D eigenvalue weighted by molar-refractivity contribution is 7.92. The summed E-state index contributed by atoms with van der Waals surface area (Å²) >= 11 is 6.21. The summed E-state index contributed by atoms with van der Waals surface area (Å²) in [5, 5.41) is 5.18. The van der Waals surface area contributed by atoms with Crippen molar-refractivity contribution >= 4 is 51.4 Å². The molecule has 3 aromatic rings. The monoisotopic (exact) mass is 557 g/mol. The summed E-state index contributed by atoms with van der Waals surface area (Å²) in [5.41, 5.74) is 2.92. The van der Waals surface area contributed by atoms with Gasteiger partial charge in [0.05, 0.1) is 35.8 Å². The lowest BCUT2D eigenvalue weighted by atomic mass is 9.98. The SMILES string of the molecule is C=NCC1CCCN1c1nc2cc(C3CCCCN3C(=O)c3cc(Cl)ccc3NS(C)(=O)=O)nn2cc1C. The van der Waals surface area contributed by atoms with Gasteiger partial charge in [0.2, 0.25) is 10.0 Å². The molecule has 2 aliphatic heterocycles. The van der Waals surface area contributed by atoms with Gasteiger partial charge in [-0.3, -0.25) is 14.5 Å². The molecule has 2 unspecified atom stereocenters. The zero-order chi connectivity index (χ0) is 27.0. The Balaban J connectivity index is 1.49. The second kappa shape index (κ2) is 10.5. The normalized spacial score (nSPS) is 20.2. The number of halogens is 1. The van der Waals surface area contributed by atoms with Crippen LogP contribution in [0.2, 0.25) is 5.02 Å². The van der Waals surface area contributed by atoms with E-state index in [-0.39, 0.29) is 23.2 Å². The molecule has 0 bridgehead atoms. The number of benzene rings is 1. The standard InChI is InChI=1S/C26H32ClN7O3S/c1-17-16-34-24(29-25(17)32-12-6-7-19(32)15-28-2)14-22(30-34)23-8-4-5-11-33(23)26(35)20-13-18(27)9-10-21(20)31-38(3,36)37/h9-10,13-14,16,19,23,31H,2,4-8,11-12,15H2,1,3H3. The third-order valence-electron chi connectivity index (χ3n) is 7.23. The number of nitrogens with one attached hydrogen (secondary N) is 1. The first kappa shape index (κ1) is 26.4. The van der Waals surface area contributed by atoms with Crippen LogP contribution >= 0.6 is 11.6 Å². The molecule has 10 nitrogen and oxygen atoms in total. The molecule has 38 heavy (non-hydrogen) atoms. The third kappa shape index (κ3) is 5.35. The van der Waals surface area contributed by atoms with Crippen LogP contribution in [0.1, 0.15) is 59.8 Å². The molecule has 0 radical (unpaired) electrons. The fraction of sp³-hybridized carbons (Fsp3) is 0.462. The highest BCUT2D eigenvalue weighted by atomic mass is 35.5. The molecule has 1 N–H and O–H groups in total. The van der Waals surface area contributed by atoms with E-state index in [1.54, 1.807) is 15.5 Å². The molecule has 1 amide bonds. The van der Waals surface area contributed by atoms with Crippen molar-refractivity contribution in [1.82, 2.24) is 19.5 Å². The van der Waals surface area contributed by atoms with E-state index in [1.165, 1.54) is 12.1 Å². The van der Waals surface area contributed by atoms with Gasteiger partial charge in [-0.25, -0.2) is 17.9 Å². The topological polar surface area (TPSA) is 112 Å². The van der Waals surface area contributed by atoms with Crippen LogP contribution in [0.25, 0.3) is 5.65 Å². The number of fused-ring (bicyclic) bond motifs is 1. The van der Waals surface area contributed by atoms with E-state index in [9.17, 15) is 13.2 Å². The maximum atomic E-state index is 13.8. The van der Waals surface area contributed by atoms with Crippen LogP contribution in [0.5, 0.6) is 0 Å².